The van der Waals surface area contributed by atoms with Gasteiger partial charge in [-0.15, -0.1) is 0 Å². The average molecular weight is 433 g/mol. The van der Waals surface area contributed by atoms with Crippen molar-refractivity contribution in [3.05, 3.63) is 86.4 Å². The Labute approximate surface area is 176 Å². The lowest BCUT2D eigenvalue weighted by molar-refractivity contribution is 0.0951. The molecule has 0 saturated heterocycles. The number of amides is 1. The van der Waals surface area contributed by atoms with E-state index in [9.17, 15) is 23.5 Å². The van der Waals surface area contributed by atoms with E-state index in [2.05, 4.69) is 5.32 Å². The van der Waals surface area contributed by atoms with Gasteiger partial charge >= 0.3 is 0 Å². The summed E-state index contributed by atoms with van der Waals surface area (Å²) in [7, 11) is 1.37. The van der Waals surface area contributed by atoms with Gasteiger partial charge in [0.2, 0.25) is 0 Å². The number of aromatic hydroxyl groups is 1. The smallest absolute Gasteiger partial charge is 0.293 e. The molecular formula is C22H19ClF2N2O3. The second kappa shape index (κ2) is 9.09. The van der Waals surface area contributed by atoms with Crippen molar-refractivity contribution in [2.45, 2.75) is 13.1 Å². The summed E-state index contributed by atoms with van der Waals surface area (Å²) in [6.07, 6.45) is 0.452. The second-order valence-electron chi connectivity index (χ2n) is 6.74. The van der Waals surface area contributed by atoms with Crippen molar-refractivity contribution in [2.24, 2.45) is 7.05 Å². The highest BCUT2D eigenvalue weighted by Gasteiger charge is 2.19. The maximum Gasteiger partial charge on any atom is 0.293 e. The molecule has 30 heavy (non-hydrogen) atoms. The molecule has 5 nitrogen and oxygen atoms in total. The molecule has 0 spiro atoms. The molecule has 3 aromatic rings. The number of nitrogens with one attached hydrogen (secondary N) is 1. The van der Waals surface area contributed by atoms with Crippen molar-refractivity contribution < 1.29 is 18.7 Å². The molecule has 2 N–H and O–H groups in total. The van der Waals surface area contributed by atoms with E-state index in [1.807, 2.05) is 12.1 Å². The number of alkyl halides is 1. The molecule has 1 aromatic heterocycles. The Morgan fingerprint density at radius 2 is 1.93 bits per heavy atom. The van der Waals surface area contributed by atoms with E-state index >= 15 is 0 Å². The highest BCUT2D eigenvalue weighted by Crippen LogP contribution is 2.25. The fourth-order valence-electron chi connectivity index (χ4n) is 3.12. The van der Waals surface area contributed by atoms with Crippen molar-refractivity contribution in [1.82, 2.24) is 9.88 Å². The first kappa shape index (κ1) is 21.5. The minimum atomic E-state index is -0.883. The summed E-state index contributed by atoms with van der Waals surface area (Å²) in [5.74, 6) is -2.06. The predicted molar refractivity (Wildman–Crippen MR) is 111 cm³/mol. The van der Waals surface area contributed by atoms with Gasteiger partial charge in [-0.25, -0.2) is 8.78 Å². The van der Waals surface area contributed by atoms with Gasteiger partial charge in [0.05, 0.1) is 11.3 Å². The Hall–Kier alpha value is -3.19. The third-order valence-electron chi connectivity index (χ3n) is 4.69. The molecule has 0 radical (unpaired) electrons. The number of carbonyl (C=O) groups is 1. The molecule has 0 unspecified atom stereocenters. The third-order valence-corrected chi connectivity index (χ3v) is 5.06. The normalized spacial score (nSPS) is 10.8. The first-order valence-electron chi connectivity index (χ1n) is 9.12. The highest BCUT2D eigenvalue weighted by atomic mass is 35.5. The number of hydrogen-bond acceptors (Lipinski definition) is 3. The molecular weight excluding hydrogens is 414 g/mol. The van der Waals surface area contributed by atoms with Gasteiger partial charge in [0, 0.05) is 24.2 Å². The SMILES string of the molecule is Cn1c(-c2cc(F)cc(CF)c2)cc(C(=O)NCCc2ccccc2Cl)c(O)c1=O. The average Bonchev–Trinajstić information content (AvgIpc) is 2.73. The number of rotatable bonds is 6. The standard InChI is InChI=1S/C22H19ClF2N2O3/c1-27-19(15-8-13(12-24)9-16(25)10-15)11-17(20(28)22(27)30)21(29)26-7-6-14-4-2-3-5-18(14)23/h2-5,8-11,28H,6-7,12H2,1H3,(H,26,29). The van der Waals surface area contributed by atoms with Crippen LogP contribution in [0.4, 0.5) is 8.78 Å². The van der Waals surface area contributed by atoms with Gasteiger partial charge in [-0.05, 0) is 47.9 Å². The zero-order chi connectivity index (χ0) is 21.8. The van der Waals surface area contributed by atoms with E-state index in [0.717, 1.165) is 22.3 Å². The maximum atomic E-state index is 13.8. The van der Waals surface area contributed by atoms with Gasteiger partial charge in [-0.2, -0.15) is 0 Å². The first-order valence-corrected chi connectivity index (χ1v) is 9.50. The summed E-state index contributed by atoms with van der Waals surface area (Å²) in [5.41, 5.74) is 0.242. The zero-order valence-corrected chi connectivity index (χ0v) is 16.8. The van der Waals surface area contributed by atoms with E-state index in [0.29, 0.717) is 11.4 Å². The minimum Gasteiger partial charge on any atom is -0.502 e. The van der Waals surface area contributed by atoms with Gasteiger partial charge in [0.15, 0.2) is 5.75 Å². The molecule has 0 bridgehead atoms. The van der Waals surface area contributed by atoms with Gasteiger partial charge < -0.3 is 15.0 Å². The van der Waals surface area contributed by atoms with Crippen LogP contribution < -0.4 is 10.9 Å². The Kier molecular flexibility index (Phi) is 6.52. The van der Waals surface area contributed by atoms with Gasteiger partial charge in [0.1, 0.15) is 12.5 Å². The molecule has 3 rings (SSSR count). The third kappa shape index (κ3) is 4.52. The maximum absolute atomic E-state index is 13.8. The summed E-state index contributed by atoms with van der Waals surface area (Å²) in [6.45, 7) is -0.662. The van der Waals surface area contributed by atoms with Crippen molar-refractivity contribution in [3.8, 4) is 17.0 Å². The van der Waals surface area contributed by atoms with E-state index in [4.69, 9.17) is 11.6 Å². The monoisotopic (exact) mass is 432 g/mol. The van der Waals surface area contributed by atoms with E-state index in [1.54, 1.807) is 12.1 Å². The van der Waals surface area contributed by atoms with Crippen LogP contribution in [0.15, 0.2) is 53.3 Å². The molecule has 2 aromatic carbocycles. The van der Waals surface area contributed by atoms with Crippen LogP contribution in [0.3, 0.4) is 0 Å². The van der Waals surface area contributed by atoms with E-state index < -0.39 is 29.7 Å². The lowest BCUT2D eigenvalue weighted by Gasteiger charge is -2.14. The fraction of sp³-hybridized carbons (Fsp3) is 0.182. The van der Waals surface area contributed by atoms with Crippen molar-refractivity contribution in [2.75, 3.05) is 6.54 Å². The largest absolute Gasteiger partial charge is 0.502 e. The number of hydrogen-bond donors (Lipinski definition) is 2. The number of aromatic nitrogens is 1. The van der Waals surface area contributed by atoms with Crippen LogP contribution >= 0.6 is 11.6 Å². The van der Waals surface area contributed by atoms with Crippen LogP contribution in [-0.4, -0.2) is 22.1 Å². The number of carbonyl (C=O) groups excluding carboxylic acids is 1. The predicted octanol–water partition coefficient (Wildman–Crippen LogP) is 3.99. The molecule has 0 aliphatic rings. The second-order valence-corrected chi connectivity index (χ2v) is 7.14. The molecule has 8 heteroatoms. The number of pyridine rings is 1. The molecule has 0 saturated carbocycles. The Balaban J connectivity index is 1.90. The van der Waals surface area contributed by atoms with E-state index in [-0.39, 0.29) is 28.9 Å². The number of nitrogens with zero attached hydrogens (tertiary/aromatic N) is 1. The molecule has 0 aliphatic heterocycles. The quantitative estimate of drug-likeness (QED) is 0.618. The number of benzene rings is 2. The van der Waals surface area contributed by atoms with Crippen LogP contribution in [0.2, 0.25) is 5.02 Å². The van der Waals surface area contributed by atoms with Gasteiger partial charge in [-0.1, -0.05) is 29.8 Å². The Morgan fingerprint density at radius 1 is 1.20 bits per heavy atom. The molecule has 0 aliphatic carbocycles. The molecule has 1 amide bonds. The lowest BCUT2D eigenvalue weighted by Crippen LogP contribution is -2.29. The Morgan fingerprint density at radius 3 is 2.63 bits per heavy atom. The van der Waals surface area contributed by atoms with Crippen molar-refractivity contribution in [1.29, 1.82) is 0 Å². The van der Waals surface area contributed by atoms with Crippen LogP contribution in [0.25, 0.3) is 11.3 Å². The molecule has 0 fully saturated rings. The van der Waals surface area contributed by atoms with Crippen molar-refractivity contribution in [3.63, 3.8) is 0 Å². The molecule has 156 valence electrons. The molecule has 1 heterocycles. The van der Waals surface area contributed by atoms with Gasteiger partial charge in [-0.3, -0.25) is 9.59 Å². The summed E-state index contributed by atoms with van der Waals surface area (Å²) < 4.78 is 27.9. The zero-order valence-electron chi connectivity index (χ0n) is 16.1. The minimum absolute atomic E-state index is 0.0938. The summed E-state index contributed by atoms with van der Waals surface area (Å²) in [5, 5.41) is 13.4. The fourth-order valence-corrected chi connectivity index (χ4v) is 3.35. The Bertz CT molecular complexity index is 1160. The van der Waals surface area contributed by atoms with Crippen molar-refractivity contribution >= 4 is 17.5 Å². The van der Waals surface area contributed by atoms with Crippen LogP contribution in [-0.2, 0) is 20.1 Å². The van der Waals surface area contributed by atoms with Gasteiger partial charge in [0.25, 0.3) is 11.5 Å². The van der Waals surface area contributed by atoms with Crippen LogP contribution in [0.1, 0.15) is 21.5 Å². The van der Waals surface area contributed by atoms with E-state index in [1.165, 1.54) is 19.2 Å². The van der Waals surface area contributed by atoms with Crippen LogP contribution in [0, 0.1) is 5.82 Å². The first-order chi connectivity index (χ1) is 14.3. The lowest BCUT2D eigenvalue weighted by atomic mass is 10.0. The highest BCUT2D eigenvalue weighted by molar-refractivity contribution is 6.31. The topological polar surface area (TPSA) is 71.3 Å². The summed E-state index contributed by atoms with van der Waals surface area (Å²) >= 11 is 6.09. The number of halogens is 3. The summed E-state index contributed by atoms with van der Waals surface area (Å²) in [6, 6.07) is 12.0. The summed E-state index contributed by atoms with van der Waals surface area (Å²) in [4.78, 5) is 25.0. The van der Waals surface area contributed by atoms with Crippen LogP contribution in [0.5, 0.6) is 5.75 Å². The molecule has 0 atom stereocenters.